The Kier molecular flexibility index (Phi) is 12.5. The number of rotatable bonds is 8. The summed E-state index contributed by atoms with van der Waals surface area (Å²) < 4.78 is 0. The molecule has 2 aliphatic heterocycles. The second kappa shape index (κ2) is 14.0. The Labute approximate surface area is 181 Å². The van der Waals surface area contributed by atoms with Crippen LogP contribution in [-0.4, -0.2) is 87.7 Å². The first-order chi connectivity index (χ1) is 12.8. The molecule has 2 fully saturated rings. The lowest BCUT2D eigenvalue weighted by atomic mass is 10.2. The lowest BCUT2D eigenvalue weighted by molar-refractivity contribution is -0.121. The van der Waals surface area contributed by atoms with E-state index in [1.807, 2.05) is 0 Å². The van der Waals surface area contributed by atoms with E-state index in [4.69, 9.17) is 0 Å². The lowest BCUT2D eigenvalue weighted by Gasteiger charge is -2.36. The van der Waals surface area contributed by atoms with E-state index in [0.717, 1.165) is 78.4 Å². The fraction of sp³-hybridized carbons (Fsp3) is 0.650. The predicted octanol–water partition coefficient (Wildman–Crippen LogP) is 1.45. The molecule has 0 aliphatic carbocycles. The zero-order valence-electron chi connectivity index (χ0n) is 16.6. The van der Waals surface area contributed by atoms with Crippen LogP contribution in [0.1, 0.15) is 12.8 Å². The summed E-state index contributed by atoms with van der Waals surface area (Å²) in [7, 11) is 0. The van der Waals surface area contributed by atoms with Crippen molar-refractivity contribution in [2.75, 3.05) is 76.9 Å². The van der Waals surface area contributed by atoms with Gasteiger partial charge in [0.2, 0.25) is 5.91 Å². The van der Waals surface area contributed by atoms with Gasteiger partial charge in [-0.25, -0.2) is 0 Å². The fourth-order valence-electron chi connectivity index (χ4n) is 3.68. The second-order valence-electron chi connectivity index (χ2n) is 7.21. The van der Waals surface area contributed by atoms with Gasteiger partial charge in [-0.3, -0.25) is 9.69 Å². The fourth-order valence-corrected chi connectivity index (χ4v) is 3.68. The number of benzene rings is 1. The van der Waals surface area contributed by atoms with Gasteiger partial charge in [-0.15, -0.1) is 24.8 Å². The van der Waals surface area contributed by atoms with Gasteiger partial charge in [0.15, 0.2) is 0 Å². The molecule has 2 heterocycles. The van der Waals surface area contributed by atoms with E-state index in [1.54, 1.807) is 0 Å². The summed E-state index contributed by atoms with van der Waals surface area (Å²) in [6.07, 6.45) is 1.65. The first-order valence-electron chi connectivity index (χ1n) is 10.0. The Hall–Kier alpha value is -1.05. The maximum Gasteiger partial charge on any atom is 0.221 e. The molecule has 160 valence electrons. The van der Waals surface area contributed by atoms with Crippen LogP contribution < -0.4 is 15.5 Å². The summed E-state index contributed by atoms with van der Waals surface area (Å²) in [6.45, 7) is 11.3. The molecule has 1 aromatic carbocycles. The summed E-state index contributed by atoms with van der Waals surface area (Å²) in [5.41, 5.74) is 1.30. The summed E-state index contributed by atoms with van der Waals surface area (Å²) in [5, 5.41) is 6.44. The zero-order valence-corrected chi connectivity index (χ0v) is 18.3. The molecule has 2 aliphatic rings. The van der Waals surface area contributed by atoms with Crippen LogP contribution in [-0.2, 0) is 4.79 Å². The molecule has 0 unspecified atom stereocenters. The summed E-state index contributed by atoms with van der Waals surface area (Å²) in [6, 6.07) is 10.6. The Balaban J connectivity index is 0.00000196. The van der Waals surface area contributed by atoms with Gasteiger partial charge < -0.3 is 20.4 Å². The topological polar surface area (TPSA) is 50.9 Å². The molecular formula is C20H35Cl2N5O. The molecule has 0 spiro atoms. The molecule has 3 rings (SSSR count). The number of halogens is 2. The van der Waals surface area contributed by atoms with Crippen molar-refractivity contribution in [3.63, 3.8) is 0 Å². The number of hydrogen-bond acceptors (Lipinski definition) is 5. The molecule has 0 bridgehead atoms. The number of amides is 1. The van der Waals surface area contributed by atoms with Crippen LogP contribution in [0.25, 0.3) is 0 Å². The smallest absolute Gasteiger partial charge is 0.221 e. The van der Waals surface area contributed by atoms with Crippen LogP contribution >= 0.6 is 24.8 Å². The normalized spacial score (nSPS) is 18.1. The monoisotopic (exact) mass is 431 g/mol. The molecule has 0 aromatic heterocycles. The van der Waals surface area contributed by atoms with Gasteiger partial charge in [0.05, 0.1) is 0 Å². The van der Waals surface area contributed by atoms with Crippen LogP contribution in [0.5, 0.6) is 0 Å². The molecule has 28 heavy (non-hydrogen) atoms. The molecule has 6 nitrogen and oxygen atoms in total. The first-order valence-corrected chi connectivity index (χ1v) is 10.0. The zero-order chi connectivity index (χ0) is 18.0. The third-order valence-electron chi connectivity index (χ3n) is 5.33. The van der Waals surface area contributed by atoms with Crippen molar-refractivity contribution < 1.29 is 4.79 Å². The van der Waals surface area contributed by atoms with Crippen molar-refractivity contribution in [1.29, 1.82) is 0 Å². The highest BCUT2D eigenvalue weighted by atomic mass is 35.5. The van der Waals surface area contributed by atoms with Crippen LogP contribution in [0.2, 0.25) is 0 Å². The van der Waals surface area contributed by atoms with Crippen molar-refractivity contribution in [3.05, 3.63) is 30.3 Å². The number of nitrogens with zero attached hydrogens (tertiary/aromatic N) is 3. The highest BCUT2D eigenvalue weighted by molar-refractivity contribution is 5.85. The maximum atomic E-state index is 12.1. The highest BCUT2D eigenvalue weighted by Crippen LogP contribution is 2.15. The number of nitrogens with one attached hydrogen (secondary N) is 2. The molecule has 2 N–H and O–H groups in total. The van der Waals surface area contributed by atoms with Crippen molar-refractivity contribution in [3.8, 4) is 0 Å². The van der Waals surface area contributed by atoms with Gasteiger partial charge >= 0.3 is 0 Å². The third-order valence-corrected chi connectivity index (χ3v) is 5.33. The van der Waals surface area contributed by atoms with Crippen LogP contribution in [0.15, 0.2) is 30.3 Å². The average Bonchev–Trinajstić information content (AvgIpc) is 2.71. The largest absolute Gasteiger partial charge is 0.369 e. The molecule has 0 radical (unpaired) electrons. The van der Waals surface area contributed by atoms with Crippen molar-refractivity contribution >= 4 is 36.4 Å². The summed E-state index contributed by atoms with van der Waals surface area (Å²) >= 11 is 0. The number of para-hydroxylation sites is 1. The van der Waals surface area contributed by atoms with Crippen LogP contribution in [0.4, 0.5) is 5.69 Å². The minimum Gasteiger partial charge on any atom is -0.369 e. The molecule has 2 saturated heterocycles. The van der Waals surface area contributed by atoms with Crippen LogP contribution in [0.3, 0.4) is 0 Å². The van der Waals surface area contributed by atoms with Gasteiger partial charge in [-0.2, -0.15) is 0 Å². The van der Waals surface area contributed by atoms with Gasteiger partial charge in [-0.1, -0.05) is 18.2 Å². The van der Waals surface area contributed by atoms with Gasteiger partial charge in [0, 0.05) is 77.6 Å². The van der Waals surface area contributed by atoms with Crippen molar-refractivity contribution in [1.82, 2.24) is 20.4 Å². The van der Waals surface area contributed by atoms with Crippen molar-refractivity contribution in [2.24, 2.45) is 0 Å². The number of hydrogen-bond donors (Lipinski definition) is 2. The van der Waals surface area contributed by atoms with E-state index in [2.05, 4.69) is 55.7 Å². The number of anilines is 1. The molecule has 8 heteroatoms. The Morgan fingerprint density at radius 2 is 1.54 bits per heavy atom. The Bertz CT molecular complexity index is 535. The highest BCUT2D eigenvalue weighted by Gasteiger charge is 2.17. The first kappa shape index (κ1) is 25.0. The third kappa shape index (κ3) is 8.53. The quantitative estimate of drug-likeness (QED) is 0.610. The summed E-state index contributed by atoms with van der Waals surface area (Å²) in [4.78, 5) is 19.3. The minimum absolute atomic E-state index is 0. The van der Waals surface area contributed by atoms with Gasteiger partial charge in [-0.05, 0) is 25.1 Å². The SMILES string of the molecule is Cl.Cl.O=C(CCN1CCN(c2ccccc2)CC1)NCCCN1CCNCC1. The molecule has 0 atom stereocenters. The second-order valence-corrected chi connectivity index (χ2v) is 7.21. The van der Waals surface area contributed by atoms with Crippen LogP contribution in [0, 0.1) is 0 Å². The molecule has 1 amide bonds. The molecule has 0 saturated carbocycles. The van der Waals surface area contributed by atoms with Crippen molar-refractivity contribution in [2.45, 2.75) is 12.8 Å². The van der Waals surface area contributed by atoms with E-state index in [1.165, 1.54) is 5.69 Å². The Morgan fingerprint density at radius 1 is 0.893 bits per heavy atom. The van der Waals surface area contributed by atoms with E-state index in [9.17, 15) is 4.79 Å². The van der Waals surface area contributed by atoms with E-state index < -0.39 is 0 Å². The maximum absolute atomic E-state index is 12.1. The summed E-state index contributed by atoms with van der Waals surface area (Å²) in [5.74, 6) is 0.191. The number of piperazine rings is 2. The molecule has 1 aromatic rings. The van der Waals surface area contributed by atoms with E-state index in [0.29, 0.717) is 6.42 Å². The van der Waals surface area contributed by atoms with E-state index >= 15 is 0 Å². The molecular weight excluding hydrogens is 397 g/mol. The van der Waals surface area contributed by atoms with E-state index in [-0.39, 0.29) is 30.7 Å². The van der Waals surface area contributed by atoms with Gasteiger partial charge in [0.1, 0.15) is 0 Å². The number of carbonyl (C=O) groups excluding carboxylic acids is 1. The van der Waals surface area contributed by atoms with Gasteiger partial charge in [0.25, 0.3) is 0 Å². The minimum atomic E-state index is 0. The standard InChI is InChI=1S/C20H33N5O.2ClH/c26-20(22-8-4-11-23-13-9-21-10-14-23)7-12-24-15-17-25(18-16-24)19-5-2-1-3-6-19;;/h1-3,5-6,21H,4,7-18H2,(H,22,26);2*1H. The number of carbonyl (C=O) groups is 1. The average molecular weight is 432 g/mol. The predicted molar refractivity (Wildman–Crippen MR) is 121 cm³/mol. The Morgan fingerprint density at radius 3 is 2.21 bits per heavy atom. The lowest BCUT2D eigenvalue weighted by Crippen LogP contribution is -2.47.